The van der Waals surface area contributed by atoms with E-state index in [2.05, 4.69) is 31.1 Å². The fourth-order valence-electron chi connectivity index (χ4n) is 1.22. The molecule has 1 N–H and O–H groups in total. The van der Waals surface area contributed by atoms with E-state index in [1.807, 2.05) is 19.1 Å². The summed E-state index contributed by atoms with van der Waals surface area (Å²) in [5, 5.41) is 3.24. The van der Waals surface area contributed by atoms with E-state index in [0.717, 1.165) is 5.82 Å². The number of aromatic nitrogens is 1. The van der Waals surface area contributed by atoms with Gasteiger partial charge in [-0.25, -0.2) is 4.98 Å². The van der Waals surface area contributed by atoms with Crippen LogP contribution in [0.2, 0.25) is 0 Å². The Morgan fingerprint density at radius 2 is 2.07 bits per heavy atom. The molecule has 0 atom stereocenters. The molecule has 3 nitrogen and oxygen atoms in total. The molecule has 0 bridgehead atoms. The molecule has 82 valence electrons. The molecule has 0 fully saturated rings. The summed E-state index contributed by atoms with van der Waals surface area (Å²) < 4.78 is 0. The molecular formula is C12H18N2O. The third kappa shape index (κ3) is 3.70. The normalized spacial score (nSPS) is 11.2. The molecule has 1 aromatic rings. The number of ketones is 1. The Morgan fingerprint density at radius 3 is 2.47 bits per heavy atom. The molecule has 0 aliphatic rings. The summed E-state index contributed by atoms with van der Waals surface area (Å²) in [5.41, 5.74) is 0.667. The van der Waals surface area contributed by atoms with E-state index in [1.165, 1.54) is 0 Å². The maximum atomic E-state index is 11.3. The third-order valence-electron chi connectivity index (χ3n) is 1.91. The molecule has 1 heterocycles. The molecule has 0 aliphatic heterocycles. The number of hydrogen-bond acceptors (Lipinski definition) is 3. The van der Waals surface area contributed by atoms with Gasteiger partial charge in [0.2, 0.25) is 0 Å². The second kappa shape index (κ2) is 4.43. The fraction of sp³-hybridized carbons (Fsp3) is 0.500. The average Bonchev–Trinajstić information content (AvgIpc) is 2.15. The molecular weight excluding hydrogens is 188 g/mol. The molecule has 0 saturated heterocycles. The predicted molar refractivity (Wildman–Crippen MR) is 62.2 cm³/mol. The highest BCUT2D eigenvalue weighted by Gasteiger charge is 2.10. The van der Waals surface area contributed by atoms with Crippen LogP contribution in [0, 0.1) is 0 Å². The summed E-state index contributed by atoms with van der Waals surface area (Å²) in [4.78, 5) is 15.6. The minimum Gasteiger partial charge on any atom is -0.365 e. The zero-order valence-corrected chi connectivity index (χ0v) is 9.79. The number of Topliss-reactive ketones (excluding diaryl/α,β-unsaturated/α-hetero) is 1. The number of carbonyl (C=O) groups excluding carboxylic acids is 1. The highest BCUT2D eigenvalue weighted by molar-refractivity contribution is 5.95. The quantitative estimate of drug-likeness (QED) is 0.773. The SMILES string of the molecule is CCC(=O)c1ccc(NC(C)(C)C)nc1. The zero-order chi connectivity index (χ0) is 11.5. The van der Waals surface area contributed by atoms with E-state index in [1.54, 1.807) is 6.20 Å². The van der Waals surface area contributed by atoms with Crippen molar-refractivity contribution in [1.29, 1.82) is 0 Å². The number of nitrogens with zero attached hydrogens (tertiary/aromatic N) is 1. The van der Waals surface area contributed by atoms with Gasteiger partial charge in [0.05, 0.1) is 0 Å². The van der Waals surface area contributed by atoms with Crippen molar-refractivity contribution in [3.8, 4) is 0 Å². The van der Waals surface area contributed by atoms with Gasteiger partial charge in [-0.2, -0.15) is 0 Å². The van der Waals surface area contributed by atoms with Crippen LogP contribution < -0.4 is 5.32 Å². The molecule has 3 heteroatoms. The Hall–Kier alpha value is -1.38. The minimum absolute atomic E-state index is 0.0106. The Kier molecular flexibility index (Phi) is 3.45. The Balaban J connectivity index is 2.77. The third-order valence-corrected chi connectivity index (χ3v) is 1.91. The standard InChI is InChI=1S/C12H18N2O/c1-5-10(15)9-6-7-11(13-8-9)14-12(2,3)4/h6-8H,5H2,1-4H3,(H,13,14). The van der Waals surface area contributed by atoms with Crippen LogP contribution in [0.15, 0.2) is 18.3 Å². The second-order valence-electron chi connectivity index (χ2n) is 4.58. The molecule has 0 aromatic carbocycles. The molecule has 0 saturated carbocycles. The van der Waals surface area contributed by atoms with Crippen LogP contribution in [-0.4, -0.2) is 16.3 Å². The van der Waals surface area contributed by atoms with Crippen molar-refractivity contribution < 1.29 is 4.79 Å². The zero-order valence-electron chi connectivity index (χ0n) is 9.79. The lowest BCUT2D eigenvalue weighted by atomic mass is 10.1. The maximum Gasteiger partial charge on any atom is 0.164 e. The molecule has 0 amide bonds. The number of carbonyl (C=O) groups is 1. The summed E-state index contributed by atoms with van der Waals surface area (Å²) in [7, 11) is 0. The number of pyridine rings is 1. The van der Waals surface area contributed by atoms with E-state index in [9.17, 15) is 4.79 Å². The number of anilines is 1. The van der Waals surface area contributed by atoms with E-state index < -0.39 is 0 Å². The lowest BCUT2D eigenvalue weighted by molar-refractivity contribution is 0.0988. The molecule has 1 rings (SSSR count). The summed E-state index contributed by atoms with van der Waals surface area (Å²) >= 11 is 0. The van der Waals surface area contributed by atoms with Gasteiger partial charge in [0.15, 0.2) is 5.78 Å². The Labute approximate surface area is 90.9 Å². The summed E-state index contributed by atoms with van der Waals surface area (Å²) in [6.07, 6.45) is 2.15. The molecule has 15 heavy (non-hydrogen) atoms. The highest BCUT2D eigenvalue weighted by Crippen LogP contribution is 2.12. The van der Waals surface area contributed by atoms with Crippen molar-refractivity contribution >= 4 is 11.6 Å². The number of hydrogen-bond donors (Lipinski definition) is 1. The highest BCUT2D eigenvalue weighted by atomic mass is 16.1. The first kappa shape index (κ1) is 11.7. The monoisotopic (exact) mass is 206 g/mol. The second-order valence-corrected chi connectivity index (χ2v) is 4.58. The average molecular weight is 206 g/mol. The summed E-state index contributed by atoms with van der Waals surface area (Å²) in [6.45, 7) is 8.06. The Morgan fingerprint density at radius 1 is 1.40 bits per heavy atom. The first-order chi connectivity index (χ1) is 6.92. The molecule has 0 aliphatic carbocycles. The van der Waals surface area contributed by atoms with Crippen molar-refractivity contribution in [2.24, 2.45) is 0 Å². The van der Waals surface area contributed by atoms with Crippen LogP contribution in [-0.2, 0) is 0 Å². The van der Waals surface area contributed by atoms with Gasteiger partial charge in [0.25, 0.3) is 0 Å². The van der Waals surface area contributed by atoms with Crippen LogP contribution in [0.1, 0.15) is 44.5 Å². The molecule has 1 aromatic heterocycles. The van der Waals surface area contributed by atoms with Crippen molar-refractivity contribution in [2.75, 3.05) is 5.32 Å². The summed E-state index contributed by atoms with van der Waals surface area (Å²) in [6, 6.07) is 3.65. The topological polar surface area (TPSA) is 42.0 Å². The van der Waals surface area contributed by atoms with E-state index in [4.69, 9.17) is 0 Å². The largest absolute Gasteiger partial charge is 0.365 e. The molecule has 0 spiro atoms. The smallest absolute Gasteiger partial charge is 0.164 e. The van der Waals surface area contributed by atoms with Crippen LogP contribution in [0.25, 0.3) is 0 Å². The van der Waals surface area contributed by atoms with Crippen LogP contribution in [0.3, 0.4) is 0 Å². The van der Waals surface area contributed by atoms with Gasteiger partial charge in [0.1, 0.15) is 5.82 Å². The molecule has 0 unspecified atom stereocenters. The summed E-state index contributed by atoms with van der Waals surface area (Å²) in [5.74, 6) is 0.931. The van der Waals surface area contributed by atoms with E-state index in [0.29, 0.717) is 12.0 Å². The van der Waals surface area contributed by atoms with Crippen molar-refractivity contribution in [2.45, 2.75) is 39.7 Å². The van der Waals surface area contributed by atoms with Gasteiger partial charge in [0, 0.05) is 23.7 Å². The van der Waals surface area contributed by atoms with Gasteiger partial charge in [-0.05, 0) is 32.9 Å². The van der Waals surface area contributed by atoms with Crippen LogP contribution in [0.4, 0.5) is 5.82 Å². The first-order valence-electron chi connectivity index (χ1n) is 5.20. The number of rotatable bonds is 3. The lowest BCUT2D eigenvalue weighted by Gasteiger charge is -2.21. The van der Waals surface area contributed by atoms with Gasteiger partial charge >= 0.3 is 0 Å². The van der Waals surface area contributed by atoms with Crippen LogP contribution >= 0.6 is 0 Å². The van der Waals surface area contributed by atoms with Gasteiger partial charge in [-0.15, -0.1) is 0 Å². The fourth-order valence-corrected chi connectivity index (χ4v) is 1.22. The van der Waals surface area contributed by atoms with Gasteiger partial charge < -0.3 is 5.32 Å². The lowest BCUT2D eigenvalue weighted by Crippen LogP contribution is -2.26. The van der Waals surface area contributed by atoms with Gasteiger partial charge in [-0.1, -0.05) is 6.92 Å². The Bertz CT molecular complexity index is 336. The van der Waals surface area contributed by atoms with Crippen LogP contribution in [0.5, 0.6) is 0 Å². The van der Waals surface area contributed by atoms with E-state index >= 15 is 0 Å². The van der Waals surface area contributed by atoms with Crippen molar-refractivity contribution in [3.05, 3.63) is 23.9 Å². The first-order valence-corrected chi connectivity index (χ1v) is 5.20. The predicted octanol–water partition coefficient (Wildman–Crippen LogP) is 2.88. The maximum absolute atomic E-state index is 11.3. The minimum atomic E-state index is -0.0106. The molecule has 0 radical (unpaired) electrons. The number of nitrogens with one attached hydrogen (secondary N) is 1. The van der Waals surface area contributed by atoms with Gasteiger partial charge in [-0.3, -0.25) is 4.79 Å². The van der Waals surface area contributed by atoms with E-state index in [-0.39, 0.29) is 11.3 Å². The van der Waals surface area contributed by atoms with Crippen molar-refractivity contribution in [3.63, 3.8) is 0 Å². The van der Waals surface area contributed by atoms with Crippen molar-refractivity contribution in [1.82, 2.24) is 4.98 Å².